The second kappa shape index (κ2) is 20.7. The van der Waals surface area contributed by atoms with Gasteiger partial charge < -0.3 is 89.3 Å². The maximum Gasteiger partial charge on any atom is 0.402 e. The van der Waals surface area contributed by atoms with Crippen LogP contribution in [0.15, 0.2) is 71.2 Å². The number of phenols is 4. The fraction of sp³-hybridized carbons (Fsp3) is 0.333. The van der Waals surface area contributed by atoms with E-state index in [4.69, 9.17) is 47.8 Å². The molecule has 11 N–H and O–H groups in total. The number of aromatic hydroxyl groups is 4. The number of esters is 3. The van der Waals surface area contributed by atoms with Crippen molar-refractivity contribution in [2.45, 2.75) is 74.3 Å². The van der Waals surface area contributed by atoms with Crippen molar-refractivity contribution in [1.82, 2.24) is 0 Å². The minimum Gasteiger partial charge on any atom is -0.508 e. The van der Waals surface area contributed by atoms with Crippen LogP contribution in [0.5, 0.6) is 34.5 Å². The molecule has 0 aliphatic carbocycles. The van der Waals surface area contributed by atoms with Crippen molar-refractivity contribution in [3.05, 3.63) is 72.3 Å². The molecule has 3 aromatic carbocycles. The predicted molar refractivity (Wildman–Crippen MR) is 213 cm³/mol. The average Bonchev–Trinajstić information content (AvgIpc) is 3.25. The zero-order valence-electron chi connectivity index (χ0n) is 33.8. The van der Waals surface area contributed by atoms with Crippen molar-refractivity contribution in [1.29, 1.82) is 0 Å². The summed E-state index contributed by atoms with van der Waals surface area (Å²) in [6.07, 6.45) is -19.2. The molecule has 24 nitrogen and oxygen atoms in total. The van der Waals surface area contributed by atoms with Gasteiger partial charge >= 0.3 is 41.2 Å². The number of hydrogen-bond donors (Lipinski definition) is 11. The lowest BCUT2D eigenvalue weighted by Crippen LogP contribution is -2.61. The average molecular weight is 930 g/mol. The molecule has 2 aliphatic rings. The van der Waals surface area contributed by atoms with E-state index in [1.54, 1.807) is 0 Å². The second-order valence-corrected chi connectivity index (χ2v) is 14.6. The standard InChI is InChI=1S/C42H40O24/c43-19-5-3-18(4-6-19)39-26(63-41-37(57)35(55)34(54)27(64-41)15-59-31(51)8-2-17-1-7-22(45)23(46)9-17)12-21-24(61-39)10-20(44)11-25(21)62-42-38(58)36(56)40(66-33(53)14-30(49)50)28(65-42)16-60-32(52)13-29(47)48/h1-12,27-28,34-38,40-42,54-58H,13-16H2,(H5-,43,44,45,46,47,48,49,50,51)/p+1/t27?,28?,34-,35?,36-,37?,38?,40-,41-,42-/m1/s1. The molecule has 66 heavy (non-hydrogen) atoms. The highest BCUT2D eigenvalue weighted by Crippen LogP contribution is 2.42. The molecule has 1 aromatic heterocycles. The summed E-state index contributed by atoms with van der Waals surface area (Å²) in [6, 6.07) is 12.4. The van der Waals surface area contributed by atoms with Gasteiger partial charge in [0, 0.05) is 18.2 Å². The number of phenolic OH excluding ortho intramolecular Hbond substituents is 4. The maximum absolute atomic E-state index is 12.6. The summed E-state index contributed by atoms with van der Waals surface area (Å²) in [7, 11) is 0. The van der Waals surface area contributed by atoms with Gasteiger partial charge in [-0.2, -0.15) is 0 Å². The number of carbonyl (C=O) groups is 5. The lowest BCUT2D eigenvalue weighted by Gasteiger charge is -2.41. The van der Waals surface area contributed by atoms with Gasteiger partial charge in [0.15, 0.2) is 17.6 Å². The Kier molecular flexibility index (Phi) is 15.1. The van der Waals surface area contributed by atoms with Gasteiger partial charge in [-0.15, -0.1) is 0 Å². The Labute approximate surface area is 369 Å². The molecule has 24 heteroatoms. The summed E-state index contributed by atoms with van der Waals surface area (Å²) in [6.45, 7) is -1.62. The van der Waals surface area contributed by atoms with E-state index in [0.29, 0.717) is 5.56 Å². The van der Waals surface area contributed by atoms with Crippen LogP contribution in [0.3, 0.4) is 0 Å². The van der Waals surface area contributed by atoms with E-state index >= 15 is 0 Å². The number of fused-ring (bicyclic) bond motifs is 1. The fourth-order valence-corrected chi connectivity index (χ4v) is 6.54. The third-order valence-corrected chi connectivity index (χ3v) is 9.79. The Morgan fingerprint density at radius 2 is 1.24 bits per heavy atom. The number of hydrogen-bond acceptors (Lipinski definition) is 21. The fourth-order valence-electron chi connectivity index (χ4n) is 6.54. The maximum atomic E-state index is 12.6. The van der Waals surface area contributed by atoms with Crippen LogP contribution < -0.4 is 9.47 Å². The third kappa shape index (κ3) is 11.7. The molecule has 352 valence electrons. The number of benzene rings is 3. The molecule has 4 aromatic rings. The summed E-state index contributed by atoms with van der Waals surface area (Å²) in [5.41, 5.74) is 0.343. The summed E-state index contributed by atoms with van der Waals surface area (Å²) < 4.78 is 44.7. The van der Waals surface area contributed by atoms with Crippen molar-refractivity contribution in [2.75, 3.05) is 13.2 Å². The smallest absolute Gasteiger partial charge is 0.402 e. The van der Waals surface area contributed by atoms with Crippen LogP contribution in [0.4, 0.5) is 0 Å². The van der Waals surface area contributed by atoms with E-state index in [1.165, 1.54) is 54.6 Å². The second-order valence-electron chi connectivity index (χ2n) is 14.6. The zero-order valence-corrected chi connectivity index (χ0v) is 33.8. The molecule has 10 atom stereocenters. The number of carboxylic acids is 2. The molecule has 0 amide bonds. The SMILES string of the molecule is O=C(O)CC(=O)OCC1O[C@@H](Oc2cc(O)cc3[o+]c(-c4ccc(O)cc4)c(O[C@@H]4OC(COC(=O)/C=C/c5ccc(O)c(O)c5)[C@@H](O)C(O)C4O)cc23)C(O)[C@@H](O)[C@@H]1OC(=O)CC(=O)O. The zero-order chi connectivity index (χ0) is 48.0. The Hall–Kier alpha value is -7.32. The van der Waals surface area contributed by atoms with Crippen molar-refractivity contribution >= 4 is 46.9 Å². The molecule has 0 saturated carbocycles. The Morgan fingerprint density at radius 1 is 0.621 bits per heavy atom. The third-order valence-electron chi connectivity index (χ3n) is 9.79. The molecule has 2 saturated heterocycles. The van der Waals surface area contributed by atoms with Gasteiger partial charge in [0.2, 0.25) is 18.3 Å². The van der Waals surface area contributed by atoms with Crippen LogP contribution >= 0.6 is 0 Å². The lowest BCUT2D eigenvalue weighted by molar-refractivity contribution is -0.282. The number of aliphatic hydroxyl groups excluding tert-OH is 5. The highest BCUT2D eigenvalue weighted by atomic mass is 16.7. The minimum absolute atomic E-state index is 0.111. The van der Waals surface area contributed by atoms with Gasteiger partial charge in [-0.25, -0.2) is 9.21 Å². The Morgan fingerprint density at radius 3 is 1.91 bits per heavy atom. The highest BCUT2D eigenvalue weighted by molar-refractivity contribution is 5.91. The van der Waals surface area contributed by atoms with Crippen molar-refractivity contribution in [3.8, 4) is 45.8 Å². The van der Waals surface area contributed by atoms with Crippen molar-refractivity contribution < 1.29 is 118 Å². The molecule has 2 fully saturated rings. The molecule has 3 heterocycles. The molecule has 2 aliphatic heterocycles. The number of ether oxygens (including phenoxy) is 7. The van der Waals surface area contributed by atoms with Crippen LogP contribution in [-0.4, -0.2) is 161 Å². The van der Waals surface area contributed by atoms with Gasteiger partial charge in [-0.3, -0.25) is 19.2 Å². The van der Waals surface area contributed by atoms with Crippen LogP contribution in [-0.2, 0) is 47.7 Å². The van der Waals surface area contributed by atoms with Gasteiger partial charge in [-0.1, -0.05) is 6.07 Å². The van der Waals surface area contributed by atoms with Gasteiger partial charge in [0.1, 0.15) is 91.4 Å². The summed E-state index contributed by atoms with van der Waals surface area (Å²) in [4.78, 5) is 59.0. The quantitative estimate of drug-likeness (QED) is 0.0174. The molecular weight excluding hydrogens is 888 g/mol. The van der Waals surface area contributed by atoms with E-state index in [1.807, 2.05) is 0 Å². The van der Waals surface area contributed by atoms with E-state index in [0.717, 1.165) is 18.2 Å². The monoisotopic (exact) mass is 929 g/mol. The predicted octanol–water partition coefficient (Wildman–Crippen LogP) is -0.124. The minimum atomic E-state index is -2.14. The van der Waals surface area contributed by atoms with Crippen LogP contribution in [0.1, 0.15) is 18.4 Å². The van der Waals surface area contributed by atoms with E-state index < -0.39 is 140 Å². The Balaban J connectivity index is 1.30. The van der Waals surface area contributed by atoms with E-state index in [-0.39, 0.29) is 33.8 Å². The van der Waals surface area contributed by atoms with E-state index in [2.05, 4.69) is 0 Å². The largest absolute Gasteiger partial charge is 0.508 e. The van der Waals surface area contributed by atoms with Crippen molar-refractivity contribution in [3.63, 3.8) is 0 Å². The summed E-state index contributed by atoms with van der Waals surface area (Å²) in [5.74, 6) is -9.22. The molecule has 5 unspecified atom stereocenters. The topological polar surface area (TPSA) is 384 Å². The molecule has 0 spiro atoms. The first-order valence-electron chi connectivity index (χ1n) is 19.4. The van der Waals surface area contributed by atoms with Crippen LogP contribution in [0.2, 0.25) is 0 Å². The molecular formula is C42H41O24+. The summed E-state index contributed by atoms with van der Waals surface area (Å²) >= 11 is 0. The van der Waals surface area contributed by atoms with Crippen LogP contribution in [0, 0.1) is 0 Å². The normalized spacial score (nSPS) is 25.2. The first-order valence-corrected chi connectivity index (χ1v) is 19.4. The van der Waals surface area contributed by atoms with Gasteiger partial charge in [-0.05, 0) is 48.0 Å². The number of carboxylic acid groups (broad SMARTS) is 2. The number of aliphatic hydroxyl groups is 5. The highest BCUT2D eigenvalue weighted by Gasteiger charge is 2.50. The number of carbonyl (C=O) groups excluding carboxylic acids is 3. The first-order chi connectivity index (χ1) is 31.3. The summed E-state index contributed by atoms with van der Waals surface area (Å²) in [5, 5.41) is 113. The Bertz CT molecular complexity index is 2470. The van der Waals surface area contributed by atoms with Crippen LogP contribution in [0.25, 0.3) is 28.4 Å². The number of aliphatic carboxylic acids is 2. The molecule has 0 radical (unpaired) electrons. The van der Waals surface area contributed by atoms with Gasteiger partial charge in [0.05, 0.1) is 11.6 Å². The lowest BCUT2D eigenvalue weighted by atomic mass is 9.98. The van der Waals surface area contributed by atoms with Crippen molar-refractivity contribution in [2.24, 2.45) is 0 Å². The van der Waals surface area contributed by atoms with Gasteiger partial charge in [0.25, 0.3) is 0 Å². The molecule has 6 rings (SSSR count). The van der Waals surface area contributed by atoms with E-state index in [9.17, 15) is 69.9 Å². The number of rotatable bonds is 16. The molecule has 0 bridgehead atoms. The first kappa shape index (κ1) is 48.1.